The van der Waals surface area contributed by atoms with E-state index in [0.29, 0.717) is 0 Å². The second-order valence-electron chi connectivity index (χ2n) is 4.87. The summed E-state index contributed by atoms with van der Waals surface area (Å²) in [5.41, 5.74) is 6.26. The second-order valence-corrected chi connectivity index (χ2v) is 6.60. The Labute approximate surface area is 125 Å². The summed E-state index contributed by atoms with van der Waals surface area (Å²) >= 11 is 3.44. The van der Waals surface area contributed by atoms with E-state index >= 15 is 0 Å². The molecule has 1 heterocycles. The van der Waals surface area contributed by atoms with Crippen LogP contribution in [0.2, 0.25) is 0 Å². The summed E-state index contributed by atoms with van der Waals surface area (Å²) in [6, 6.07) is 13.1. The molecule has 0 radical (unpaired) electrons. The van der Waals surface area contributed by atoms with Gasteiger partial charge >= 0.3 is 0 Å². The summed E-state index contributed by atoms with van der Waals surface area (Å²) in [6.45, 7) is 0. The van der Waals surface area contributed by atoms with Crippen molar-refractivity contribution in [3.8, 4) is 17.2 Å². The molecule has 0 saturated carbocycles. The lowest BCUT2D eigenvalue weighted by molar-refractivity contribution is 1.18. The molecule has 4 rings (SSSR count). The average molecular weight is 293 g/mol. The van der Waals surface area contributed by atoms with Crippen LogP contribution in [0, 0.1) is 11.3 Å². The van der Waals surface area contributed by atoms with E-state index in [1.807, 2.05) is 0 Å². The van der Waals surface area contributed by atoms with E-state index in [1.54, 1.807) is 23.1 Å². The maximum absolute atomic E-state index is 9.56. The van der Waals surface area contributed by atoms with Gasteiger partial charge in [0.05, 0.1) is 5.56 Å². The van der Waals surface area contributed by atoms with Crippen molar-refractivity contribution >= 4 is 33.2 Å². The van der Waals surface area contributed by atoms with Crippen LogP contribution in [0.5, 0.6) is 0 Å². The SMILES string of the molecule is CSc1c2c(c3sccc3c1C#N)-c1ccccc1C2. The number of fused-ring (bicyclic) bond motifs is 5. The summed E-state index contributed by atoms with van der Waals surface area (Å²) in [5.74, 6) is 0. The van der Waals surface area contributed by atoms with Crippen LogP contribution in [0.25, 0.3) is 21.2 Å². The average Bonchev–Trinajstić information content (AvgIpc) is 3.09. The molecule has 0 bridgehead atoms. The van der Waals surface area contributed by atoms with E-state index in [-0.39, 0.29) is 0 Å². The maximum Gasteiger partial charge on any atom is 0.101 e. The Balaban J connectivity index is 2.21. The van der Waals surface area contributed by atoms with Gasteiger partial charge in [-0.1, -0.05) is 24.3 Å². The number of hydrogen-bond donors (Lipinski definition) is 0. The van der Waals surface area contributed by atoms with Gasteiger partial charge in [0.1, 0.15) is 6.07 Å². The summed E-state index contributed by atoms with van der Waals surface area (Å²) in [7, 11) is 0. The van der Waals surface area contributed by atoms with Crippen molar-refractivity contribution in [1.29, 1.82) is 5.26 Å². The van der Waals surface area contributed by atoms with Gasteiger partial charge in [0, 0.05) is 20.5 Å². The summed E-state index contributed by atoms with van der Waals surface area (Å²) in [4.78, 5) is 1.16. The number of hydrogen-bond acceptors (Lipinski definition) is 3. The molecular weight excluding hydrogens is 282 g/mol. The molecule has 1 aliphatic rings. The lowest BCUT2D eigenvalue weighted by Crippen LogP contribution is -1.91. The highest BCUT2D eigenvalue weighted by Gasteiger charge is 2.26. The van der Waals surface area contributed by atoms with Crippen LogP contribution < -0.4 is 0 Å². The minimum atomic E-state index is 0.848. The minimum Gasteiger partial charge on any atom is -0.192 e. The Morgan fingerprint density at radius 3 is 2.90 bits per heavy atom. The Bertz CT molecular complexity index is 884. The fourth-order valence-corrected chi connectivity index (χ4v) is 4.89. The molecule has 96 valence electrons. The quantitative estimate of drug-likeness (QED) is 0.458. The molecule has 1 aliphatic carbocycles. The number of thioether (sulfide) groups is 1. The van der Waals surface area contributed by atoms with Crippen LogP contribution in [0.1, 0.15) is 16.7 Å². The number of rotatable bonds is 1. The zero-order valence-electron chi connectivity index (χ0n) is 10.9. The Kier molecular flexibility index (Phi) is 2.63. The first-order chi connectivity index (χ1) is 9.85. The largest absolute Gasteiger partial charge is 0.192 e. The van der Waals surface area contributed by atoms with Crippen LogP contribution in [-0.2, 0) is 6.42 Å². The van der Waals surface area contributed by atoms with E-state index in [9.17, 15) is 5.26 Å². The van der Waals surface area contributed by atoms with Gasteiger partial charge in [-0.2, -0.15) is 5.26 Å². The fourth-order valence-electron chi connectivity index (χ4n) is 3.12. The third kappa shape index (κ3) is 1.44. The number of benzene rings is 2. The van der Waals surface area contributed by atoms with E-state index < -0.39 is 0 Å². The van der Waals surface area contributed by atoms with Crippen LogP contribution in [0.3, 0.4) is 0 Å². The highest BCUT2D eigenvalue weighted by molar-refractivity contribution is 7.98. The predicted molar refractivity (Wildman–Crippen MR) is 86.6 cm³/mol. The molecule has 0 fully saturated rings. The van der Waals surface area contributed by atoms with Crippen molar-refractivity contribution in [2.75, 3.05) is 6.26 Å². The molecule has 2 aromatic carbocycles. The highest BCUT2D eigenvalue weighted by atomic mass is 32.2. The van der Waals surface area contributed by atoms with Gasteiger partial charge in [0.25, 0.3) is 0 Å². The Hall–Kier alpha value is -1.76. The molecule has 0 N–H and O–H groups in total. The van der Waals surface area contributed by atoms with Gasteiger partial charge in [-0.25, -0.2) is 0 Å². The Morgan fingerprint density at radius 1 is 1.25 bits per heavy atom. The molecule has 0 aliphatic heterocycles. The number of nitriles is 1. The molecule has 1 aromatic heterocycles. The molecule has 3 aromatic rings. The molecule has 3 heteroatoms. The van der Waals surface area contributed by atoms with E-state index in [1.165, 1.54) is 27.0 Å². The zero-order chi connectivity index (χ0) is 13.7. The topological polar surface area (TPSA) is 23.8 Å². The van der Waals surface area contributed by atoms with Gasteiger partial charge in [0.2, 0.25) is 0 Å². The molecule has 20 heavy (non-hydrogen) atoms. The van der Waals surface area contributed by atoms with Crippen molar-refractivity contribution in [3.05, 3.63) is 52.4 Å². The van der Waals surface area contributed by atoms with E-state index in [4.69, 9.17) is 0 Å². The lowest BCUT2D eigenvalue weighted by atomic mass is 10.0. The van der Waals surface area contributed by atoms with Gasteiger partial charge in [-0.15, -0.1) is 23.1 Å². The van der Waals surface area contributed by atoms with Crippen molar-refractivity contribution < 1.29 is 0 Å². The summed E-state index contributed by atoms with van der Waals surface area (Å²) < 4.78 is 1.26. The Morgan fingerprint density at radius 2 is 2.10 bits per heavy atom. The molecule has 0 amide bonds. The first-order valence-electron chi connectivity index (χ1n) is 6.43. The van der Waals surface area contributed by atoms with Crippen LogP contribution in [-0.4, -0.2) is 6.26 Å². The lowest BCUT2D eigenvalue weighted by Gasteiger charge is -2.10. The number of thiophene rings is 1. The first-order valence-corrected chi connectivity index (χ1v) is 8.54. The zero-order valence-corrected chi connectivity index (χ0v) is 12.6. The molecule has 0 unspecified atom stereocenters. The normalized spacial score (nSPS) is 12.2. The fraction of sp³-hybridized carbons (Fsp3) is 0.118. The van der Waals surface area contributed by atoms with Crippen molar-refractivity contribution in [2.24, 2.45) is 0 Å². The second kappa shape index (κ2) is 4.37. The summed E-state index contributed by atoms with van der Waals surface area (Å²) in [5, 5.41) is 12.8. The third-order valence-corrected chi connectivity index (χ3v) is 5.73. The van der Waals surface area contributed by atoms with Crippen LogP contribution >= 0.6 is 23.1 Å². The molecule has 1 nitrogen and oxygen atoms in total. The molecule has 0 atom stereocenters. The highest BCUT2D eigenvalue weighted by Crippen LogP contribution is 2.48. The van der Waals surface area contributed by atoms with Crippen molar-refractivity contribution in [3.63, 3.8) is 0 Å². The van der Waals surface area contributed by atoms with Gasteiger partial charge in [-0.3, -0.25) is 0 Å². The molecule has 0 saturated heterocycles. The minimum absolute atomic E-state index is 0.848. The number of nitrogens with zero attached hydrogens (tertiary/aromatic N) is 1. The van der Waals surface area contributed by atoms with E-state index in [2.05, 4.69) is 48.0 Å². The van der Waals surface area contributed by atoms with Gasteiger partial charge in [-0.05, 0) is 40.8 Å². The maximum atomic E-state index is 9.56. The molecule has 0 spiro atoms. The van der Waals surface area contributed by atoms with Crippen LogP contribution in [0.15, 0.2) is 40.6 Å². The van der Waals surface area contributed by atoms with Gasteiger partial charge < -0.3 is 0 Å². The monoisotopic (exact) mass is 293 g/mol. The van der Waals surface area contributed by atoms with Crippen molar-refractivity contribution in [1.82, 2.24) is 0 Å². The molecular formula is C17H11NS2. The van der Waals surface area contributed by atoms with Gasteiger partial charge in [0.15, 0.2) is 0 Å². The first kappa shape index (κ1) is 12.0. The van der Waals surface area contributed by atoms with E-state index in [0.717, 1.165) is 22.3 Å². The van der Waals surface area contributed by atoms with Crippen molar-refractivity contribution in [2.45, 2.75) is 11.3 Å². The standard InChI is InChI=1S/C17H11NS2/c1-19-16-13-8-10-4-2-3-5-11(10)15(13)17-12(6-7-20-17)14(16)9-18/h2-7H,8H2,1H3. The predicted octanol–water partition coefficient (Wildman–Crippen LogP) is 5.07. The third-order valence-electron chi connectivity index (χ3n) is 3.93. The van der Waals surface area contributed by atoms with Crippen LogP contribution in [0.4, 0.5) is 0 Å². The smallest absolute Gasteiger partial charge is 0.101 e. The summed E-state index contributed by atoms with van der Waals surface area (Å²) in [6.07, 6.45) is 3.02.